The molecule has 0 aromatic heterocycles. The molecule has 11 nitrogen and oxygen atoms in total. The van der Waals surface area contributed by atoms with Gasteiger partial charge in [-0.3, -0.25) is 24.1 Å². The minimum Gasteiger partial charge on any atom is -0.456 e. The fourth-order valence-electron chi connectivity index (χ4n) is 10.7. The number of nitrogens with zero attached hydrogens (tertiary/aromatic N) is 2. The monoisotopic (exact) mass is 1030 g/mol. The summed E-state index contributed by atoms with van der Waals surface area (Å²) < 4.78 is 104. The lowest BCUT2D eigenvalue weighted by atomic mass is 9.66. The van der Waals surface area contributed by atoms with Crippen LogP contribution in [0.3, 0.4) is 0 Å². The molecule has 3 heterocycles. The van der Waals surface area contributed by atoms with Gasteiger partial charge in [0.25, 0.3) is 23.6 Å². The highest BCUT2D eigenvalue weighted by molar-refractivity contribution is 6.34. The average Bonchev–Trinajstić information content (AvgIpc) is 4.02. The lowest BCUT2D eigenvalue weighted by Gasteiger charge is -2.39. The van der Waals surface area contributed by atoms with Crippen molar-refractivity contribution in [3.05, 3.63) is 230 Å². The molecule has 17 heteroatoms. The van der Waals surface area contributed by atoms with Crippen LogP contribution >= 0.6 is 0 Å². The maximum Gasteiger partial charge on any atom is 0.417 e. The van der Waals surface area contributed by atoms with Gasteiger partial charge in [0.05, 0.1) is 55.6 Å². The standard InChI is InChI=1S/C59H32F6N2O9/c1-29-11-17-37(47(23-29)58(60,61)62)38-20-14-32(26-48(38)59(63,64)65)67-53(70)40-19-13-31(25-42(40)54(67)71)56(73)75-34-16-22-46-50(28-34)76-49-27-33(74-55(72)30-12-18-39-41(24-30)52(69)66(2)51(39)68)15-21-45(49)57(46)43-9-5-3-7-35(43)36-8-4-6-10-44(36)57/h3-28H,1-2H3. The van der Waals surface area contributed by atoms with E-state index in [1.54, 1.807) is 24.3 Å². The minimum atomic E-state index is -5.22. The van der Waals surface area contributed by atoms with Gasteiger partial charge in [0, 0.05) is 30.3 Å². The van der Waals surface area contributed by atoms with E-state index in [9.17, 15) is 55.1 Å². The van der Waals surface area contributed by atoms with Crippen molar-refractivity contribution in [2.24, 2.45) is 0 Å². The number of carbonyl (C=O) groups excluding carboxylic acids is 6. The smallest absolute Gasteiger partial charge is 0.417 e. The molecule has 0 unspecified atom stereocenters. The number of fused-ring (bicyclic) bond motifs is 11. The Bertz CT molecular complexity index is 3930. The number of ether oxygens (including phenoxy) is 3. The number of hydrogen-bond acceptors (Lipinski definition) is 9. The highest BCUT2D eigenvalue weighted by Crippen LogP contribution is 2.62. The van der Waals surface area contributed by atoms with Crippen LogP contribution in [-0.2, 0) is 17.8 Å². The predicted octanol–water partition coefficient (Wildman–Crippen LogP) is 12.6. The molecule has 0 radical (unpaired) electrons. The molecule has 1 aliphatic carbocycles. The summed E-state index contributed by atoms with van der Waals surface area (Å²) in [5.41, 5.74) is -1.34. The number of aryl methyl sites for hydroxylation is 1. The Hall–Kier alpha value is -9.64. The Kier molecular flexibility index (Phi) is 10.4. The second-order valence-electron chi connectivity index (χ2n) is 18.4. The number of rotatable bonds is 6. The first-order valence-electron chi connectivity index (χ1n) is 23.2. The lowest BCUT2D eigenvalue weighted by molar-refractivity contribution is -0.139. The third-order valence-corrected chi connectivity index (χ3v) is 14.1. The highest BCUT2D eigenvalue weighted by atomic mass is 19.4. The molecule has 1 spiro atoms. The van der Waals surface area contributed by atoms with E-state index in [-0.39, 0.29) is 61.9 Å². The van der Waals surface area contributed by atoms with E-state index in [1.165, 1.54) is 56.4 Å². The molecule has 0 bridgehead atoms. The summed E-state index contributed by atoms with van der Waals surface area (Å²) in [6.07, 6.45) is -10.2. The van der Waals surface area contributed by atoms with E-state index < -0.39 is 81.3 Å². The lowest BCUT2D eigenvalue weighted by Crippen LogP contribution is -2.32. The fraction of sp³-hybridized carbons (Fsp3) is 0.0847. The Morgan fingerprint density at radius 2 is 0.908 bits per heavy atom. The van der Waals surface area contributed by atoms with Crippen LogP contribution in [0.2, 0.25) is 0 Å². The number of imide groups is 2. The number of amides is 4. The van der Waals surface area contributed by atoms with Gasteiger partial charge in [0.2, 0.25) is 0 Å². The molecule has 0 saturated carbocycles. The largest absolute Gasteiger partial charge is 0.456 e. The number of carbonyl (C=O) groups is 6. The number of benzene rings is 8. The van der Waals surface area contributed by atoms with E-state index in [4.69, 9.17) is 14.2 Å². The molecule has 0 fully saturated rings. The van der Waals surface area contributed by atoms with Crippen molar-refractivity contribution < 1.29 is 69.3 Å². The zero-order chi connectivity index (χ0) is 53.3. The number of halogens is 6. The Morgan fingerprint density at radius 3 is 1.45 bits per heavy atom. The molecule has 8 aromatic carbocycles. The van der Waals surface area contributed by atoms with Crippen LogP contribution < -0.4 is 19.1 Å². The molecule has 76 heavy (non-hydrogen) atoms. The molecule has 4 amide bonds. The molecule has 8 aromatic rings. The first-order chi connectivity index (χ1) is 36.2. The molecule has 0 saturated heterocycles. The maximum absolute atomic E-state index is 14.6. The molecule has 0 atom stereocenters. The van der Waals surface area contributed by atoms with E-state index in [2.05, 4.69) is 0 Å². The number of anilines is 1. The summed E-state index contributed by atoms with van der Waals surface area (Å²) in [4.78, 5) is 81.8. The summed E-state index contributed by atoms with van der Waals surface area (Å²) >= 11 is 0. The van der Waals surface area contributed by atoms with Crippen LogP contribution in [0.1, 0.15) is 101 Å². The summed E-state index contributed by atoms with van der Waals surface area (Å²) in [5.74, 6) is -4.42. The van der Waals surface area contributed by atoms with Crippen LogP contribution in [-0.4, -0.2) is 47.5 Å². The Balaban J connectivity index is 0.862. The third kappa shape index (κ3) is 7.13. The van der Waals surface area contributed by atoms with E-state index in [0.717, 1.165) is 63.6 Å². The van der Waals surface area contributed by atoms with Crippen LogP contribution in [0.5, 0.6) is 23.0 Å². The zero-order valence-corrected chi connectivity index (χ0v) is 39.3. The molecule has 374 valence electrons. The molecular weight excluding hydrogens is 995 g/mol. The maximum atomic E-state index is 14.6. The second kappa shape index (κ2) is 16.7. The van der Waals surface area contributed by atoms with Crippen molar-refractivity contribution in [1.29, 1.82) is 0 Å². The predicted molar refractivity (Wildman–Crippen MR) is 261 cm³/mol. The quantitative estimate of drug-likeness (QED) is 0.0690. The Morgan fingerprint density at radius 1 is 0.461 bits per heavy atom. The van der Waals surface area contributed by atoms with Gasteiger partial charge in [-0.2, -0.15) is 26.3 Å². The van der Waals surface area contributed by atoms with Crippen molar-refractivity contribution >= 4 is 41.3 Å². The first kappa shape index (κ1) is 47.4. The summed E-state index contributed by atoms with van der Waals surface area (Å²) in [5, 5.41) is 0. The number of esters is 2. The number of alkyl halides is 6. The van der Waals surface area contributed by atoms with Gasteiger partial charge in [-0.25, -0.2) is 14.5 Å². The van der Waals surface area contributed by atoms with Gasteiger partial charge >= 0.3 is 24.3 Å². The van der Waals surface area contributed by atoms with Crippen LogP contribution in [0.15, 0.2) is 158 Å². The molecular formula is C59H32F6N2O9. The zero-order valence-electron chi connectivity index (χ0n) is 39.3. The summed E-state index contributed by atoms with van der Waals surface area (Å²) in [6.45, 7) is 1.36. The molecule has 12 rings (SSSR count). The second-order valence-corrected chi connectivity index (χ2v) is 18.4. The highest BCUT2D eigenvalue weighted by Gasteiger charge is 2.51. The van der Waals surface area contributed by atoms with E-state index in [1.807, 2.05) is 48.5 Å². The van der Waals surface area contributed by atoms with Gasteiger partial charge in [0.15, 0.2) is 0 Å². The van der Waals surface area contributed by atoms with Gasteiger partial charge in [-0.15, -0.1) is 0 Å². The van der Waals surface area contributed by atoms with Crippen molar-refractivity contribution in [1.82, 2.24) is 4.90 Å². The van der Waals surface area contributed by atoms with Crippen molar-refractivity contribution in [2.45, 2.75) is 24.7 Å². The van der Waals surface area contributed by atoms with Gasteiger partial charge in [-0.1, -0.05) is 84.4 Å². The Labute approximate surface area is 426 Å². The van der Waals surface area contributed by atoms with E-state index >= 15 is 0 Å². The van der Waals surface area contributed by atoms with Gasteiger partial charge < -0.3 is 14.2 Å². The normalized spacial score (nSPS) is 14.7. The third-order valence-electron chi connectivity index (χ3n) is 14.1. The summed E-state index contributed by atoms with van der Waals surface area (Å²) in [7, 11) is 1.34. The topological polar surface area (TPSA) is 137 Å². The van der Waals surface area contributed by atoms with E-state index in [0.29, 0.717) is 22.1 Å². The van der Waals surface area contributed by atoms with Gasteiger partial charge in [0.1, 0.15) is 23.0 Å². The molecule has 4 aliphatic rings. The van der Waals surface area contributed by atoms with Crippen LogP contribution in [0, 0.1) is 6.92 Å². The van der Waals surface area contributed by atoms with Crippen molar-refractivity contribution in [3.63, 3.8) is 0 Å². The molecule has 3 aliphatic heterocycles. The average molecular weight is 1030 g/mol. The van der Waals surface area contributed by atoms with Crippen LogP contribution in [0.4, 0.5) is 32.0 Å². The first-order valence-corrected chi connectivity index (χ1v) is 23.2. The number of hydrogen-bond donors (Lipinski definition) is 0. The van der Waals surface area contributed by atoms with Crippen molar-refractivity contribution in [2.75, 3.05) is 11.9 Å². The fourth-order valence-corrected chi connectivity index (χ4v) is 10.7. The van der Waals surface area contributed by atoms with Crippen LogP contribution in [0.25, 0.3) is 22.3 Å². The SMILES string of the molecule is Cc1ccc(-c2ccc(N3C(=O)c4ccc(C(=O)Oc5ccc6c(c5)Oc5cc(OC(=O)c7ccc8c(c7)C(=O)N(C)C8=O)ccc5C65c6ccccc6-c6ccccc65)cc4C3=O)cc2C(F)(F)F)c(C(F)(F)F)c1. The summed E-state index contributed by atoms with van der Waals surface area (Å²) in [6, 6.07) is 37.9. The van der Waals surface area contributed by atoms with Crippen molar-refractivity contribution in [3.8, 4) is 45.3 Å². The molecule has 0 N–H and O–H groups in total. The van der Waals surface area contributed by atoms with Gasteiger partial charge in [-0.05, 0) is 107 Å². The minimum absolute atomic E-state index is 0.0219.